The number of aryl methyl sites for hydroxylation is 1. The number of nitrogens with zero attached hydrogens (tertiary/aromatic N) is 4. The lowest BCUT2D eigenvalue weighted by Crippen LogP contribution is -2.12. The summed E-state index contributed by atoms with van der Waals surface area (Å²) < 4.78 is 5.17. The molecule has 0 atom stereocenters. The Morgan fingerprint density at radius 3 is 3.09 bits per heavy atom. The molecule has 1 aliphatic rings. The summed E-state index contributed by atoms with van der Waals surface area (Å²) in [6.07, 6.45) is 3.01. The van der Waals surface area contributed by atoms with Crippen LogP contribution < -0.4 is 5.32 Å². The molecule has 0 saturated heterocycles. The van der Waals surface area contributed by atoms with Crippen molar-refractivity contribution in [3.05, 3.63) is 27.7 Å². The van der Waals surface area contributed by atoms with Crippen LogP contribution in [0.15, 0.2) is 21.3 Å². The van der Waals surface area contributed by atoms with Gasteiger partial charge in [0.05, 0.1) is 0 Å². The first-order valence-electron chi connectivity index (χ1n) is 7.26. The van der Waals surface area contributed by atoms with Crippen LogP contribution in [-0.2, 0) is 11.2 Å². The zero-order valence-corrected chi connectivity index (χ0v) is 13.7. The van der Waals surface area contributed by atoms with Gasteiger partial charge >= 0.3 is 0 Å². The van der Waals surface area contributed by atoms with E-state index in [1.54, 1.807) is 11.3 Å². The molecule has 23 heavy (non-hydrogen) atoms. The van der Waals surface area contributed by atoms with Gasteiger partial charge in [-0.15, -0.1) is 10.2 Å². The van der Waals surface area contributed by atoms with Crippen LogP contribution in [0.1, 0.15) is 36.1 Å². The Labute approximate surface area is 139 Å². The van der Waals surface area contributed by atoms with Gasteiger partial charge in [0.2, 0.25) is 22.8 Å². The largest absolute Gasteiger partial charge is 0.339 e. The molecule has 7 nitrogen and oxygen atoms in total. The predicted octanol–water partition coefficient (Wildman–Crippen LogP) is 3.10. The number of thiophene rings is 1. The van der Waals surface area contributed by atoms with Gasteiger partial charge in [0.15, 0.2) is 0 Å². The molecule has 3 aromatic rings. The molecule has 0 aromatic carbocycles. The first kappa shape index (κ1) is 14.5. The Bertz CT molecular complexity index is 807. The van der Waals surface area contributed by atoms with Gasteiger partial charge in [-0.1, -0.05) is 16.5 Å². The fourth-order valence-electron chi connectivity index (χ4n) is 2.05. The molecule has 3 aromatic heterocycles. The molecule has 4 rings (SSSR count). The lowest BCUT2D eigenvalue weighted by atomic mass is 10.3. The van der Waals surface area contributed by atoms with Crippen molar-refractivity contribution in [2.45, 2.75) is 31.6 Å². The van der Waals surface area contributed by atoms with E-state index in [2.05, 4.69) is 25.7 Å². The molecular weight excluding hydrogens is 334 g/mol. The molecule has 1 fully saturated rings. The number of amides is 1. The van der Waals surface area contributed by atoms with Crippen molar-refractivity contribution in [1.82, 2.24) is 20.3 Å². The van der Waals surface area contributed by atoms with Crippen LogP contribution in [-0.4, -0.2) is 26.2 Å². The quantitative estimate of drug-likeness (QED) is 0.736. The Hall–Kier alpha value is -2.13. The van der Waals surface area contributed by atoms with Crippen LogP contribution in [0.2, 0.25) is 0 Å². The fourth-order valence-corrected chi connectivity index (χ4v) is 3.61. The number of carbonyl (C=O) groups is 1. The molecule has 1 aliphatic carbocycles. The first-order valence-corrected chi connectivity index (χ1v) is 9.02. The van der Waals surface area contributed by atoms with Gasteiger partial charge < -0.3 is 9.84 Å². The van der Waals surface area contributed by atoms with Crippen LogP contribution >= 0.6 is 22.7 Å². The fraction of sp³-hybridized carbons (Fsp3) is 0.357. The van der Waals surface area contributed by atoms with Gasteiger partial charge in [-0.2, -0.15) is 16.3 Å². The Morgan fingerprint density at radius 2 is 2.30 bits per heavy atom. The smallest absolute Gasteiger partial charge is 0.227 e. The Morgan fingerprint density at radius 1 is 1.39 bits per heavy atom. The molecule has 3 heterocycles. The highest BCUT2D eigenvalue weighted by molar-refractivity contribution is 7.15. The van der Waals surface area contributed by atoms with Crippen molar-refractivity contribution < 1.29 is 9.32 Å². The molecule has 0 radical (unpaired) electrons. The number of anilines is 1. The summed E-state index contributed by atoms with van der Waals surface area (Å²) in [4.78, 5) is 16.2. The Kier molecular flexibility index (Phi) is 3.88. The molecule has 1 amide bonds. The third-order valence-corrected chi connectivity index (χ3v) is 5.11. The minimum Gasteiger partial charge on any atom is -0.339 e. The molecule has 0 unspecified atom stereocenters. The van der Waals surface area contributed by atoms with E-state index >= 15 is 0 Å². The van der Waals surface area contributed by atoms with E-state index in [0.29, 0.717) is 29.2 Å². The predicted molar refractivity (Wildman–Crippen MR) is 86.4 cm³/mol. The second-order valence-electron chi connectivity index (χ2n) is 5.29. The highest BCUT2D eigenvalue weighted by Gasteiger charge is 2.27. The van der Waals surface area contributed by atoms with Crippen molar-refractivity contribution >= 4 is 33.7 Å². The van der Waals surface area contributed by atoms with Crippen molar-refractivity contribution in [1.29, 1.82) is 0 Å². The van der Waals surface area contributed by atoms with Gasteiger partial charge in [0, 0.05) is 29.7 Å². The van der Waals surface area contributed by atoms with Crippen LogP contribution in [0.5, 0.6) is 0 Å². The van der Waals surface area contributed by atoms with Gasteiger partial charge in [-0.25, -0.2) is 0 Å². The molecule has 0 spiro atoms. The van der Waals surface area contributed by atoms with Crippen LogP contribution in [0.3, 0.4) is 0 Å². The zero-order chi connectivity index (χ0) is 15.6. The van der Waals surface area contributed by atoms with Gasteiger partial charge in [-0.3, -0.25) is 4.79 Å². The summed E-state index contributed by atoms with van der Waals surface area (Å²) in [5.74, 6) is 1.43. The number of rotatable bonds is 6. The number of hydrogen-bond donors (Lipinski definition) is 1. The highest BCUT2D eigenvalue weighted by atomic mass is 32.1. The molecule has 9 heteroatoms. The summed E-state index contributed by atoms with van der Waals surface area (Å²) in [6, 6.07) is 1.93. The summed E-state index contributed by atoms with van der Waals surface area (Å²) in [5.41, 5.74) is 0.927. The van der Waals surface area contributed by atoms with E-state index in [1.807, 2.05) is 16.8 Å². The maximum atomic E-state index is 12.0. The van der Waals surface area contributed by atoms with Gasteiger partial charge in [-0.05, 0) is 24.3 Å². The average Bonchev–Trinajstić information content (AvgIpc) is 3.00. The van der Waals surface area contributed by atoms with Gasteiger partial charge in [0.1, 0.15) is 5.01 Å². The van der Waals surface area contributed by atoms with E-state index in [-0.39, 0.29) is 12.3 Å². The van der Waals surface area contributed by atoms with E-state index < -0.39 is 0 Å². The summed E-state index contributed by atoms with van der Waals surface area (Å²) >= 11 is 3.03. The average molecular weight is 347 g/mol. The normalized spacial score (nSPS) is 14.1. The summed E-state index contributed by atoms with van der Waals surface area (Å²) in [6.45, 7) is 0. The number of hydrogen-bond acceptors (Lipinski definition) is 8. The number of aromatic nitrogens is 4. The number of nitrogens with one attached hydrogen (secondary N) is 1. The van der Waals surface area contributed by atoms with Crippen molar-refractivity contribution in [2.24, 2.45) is 0 Å². The maximum Gasteiger partial charge on any atom is 0.227 e. The van der Waals surface area contributed by atoms with E-state index in [9.17, 15) is 4.79 Å². The van der Waals surface area contributed by atoms with Gasteiger partial charge in [0.25, 0.3) is 0 Å². The molecule has 1 N–H and O–H groups in total. The third-order valence-electron chi connectivity index (χ3n) is 3.43. The molecule has 0 aliphatic heterocycles. The van der Waals surface area contributed by atoms with E-state index in [1.165, 1.54) is 24.2 Å². The maximum absolute atomic E-state index is 12.0. The van der Waals surface area contributed by atoms with Crippen molar-refractivity contribution in [2.75, 3.05) is 5.32 Å². The molecule has 0 bridgehead atoms. The monoisotopic (exact) mass is 347 g/mol. The topological polar surface area (TPSA) is 93.8 Å². The van der Waals surface area contributed by atoms with E-state index in [0.717, 1.165) is 10.6 Å². The lowest BCUT2D eigenvalue weighted by Gasteiger charge is -1.98. The van der Waals surface area contributed by atoms with Crippen LogP contribution in [0.25, 0.3) is 11.4 Å². The standard InChI is InChI=1S/C14H13N5O2S2/c20-10(15-14-18-17-13(23-14)8-1-2-8)3-4-11-16-12(19-21-11)9-5-6-22-7-9/h5-8H,1-4H2,(H,15,18,20). The molecular formula is C14H13N5O2S2. The van der Waals surface area contributed by atoms with Crippen LogP contribution in [0, 0.1) is 0 Å². The van der Waals surface area contributed by atoms with Crippen molar-refractivity contribution in [3.63, 3.8) is 0 Å². The summed E-state index contributed by atoms with van der Waals surface area (Å²) in [5, 5.41) is 20.3. The highest BCUT2D eigenvalue weighted by Crippen LogP contribution is 2.42. The summed E-state index contributed by atoms with van der Waals surface area (Å²) in [7, 11) is 0. The van der Waals surface area contributed by atoms with E-state index in [4.69, 9.17) is 4.52 Å². The molecule has 118 valence electrons. The minimum atomic E-state index is -0.126. The lowest BCUT2D eigenvalue weighted by molar-refractivity contribution is -0.116. The second kappa shape index (κ2) is 6.17. The third kappa shape index (κ3) is 3.45. The molecule has 1 saturated carbocycles. The second-order valence-corrected chi connectivity index (χ2v) is 7.08. The van der Waals surface area contributed by atoms with Crippen LogP contribution in [0.4, 0.5) is 5.13 Å². The zero-order valence-electron chi connectivity index (χ0n) is 12.1. The SMILES string of the molecule is O=C(CCc1nc(-c2ccsc2)no1)Nc1nnc(C2CC2)s1. The first-order chi connectivity index (χ1) is 11.3. The minimum absolute atomic E-state index is 0.126. The number of carbonyl (C=O) groups excluding carboxylic acids is 1. The van der Waals surface area contributed by atoms with Crippen molar-refractivity contribution in [3.8, 4) is 11.4 Å². The Balaban J connectivity index is 1.30.